The van der Waals surface area contributed by atoms with Crippen LogP contribution in [0.4, 0.5) is 0 Å². The molecule has 0 saturated carbocycles. The number of benzene rings is 1. The minimum Gasteiger partial charge on any atom is -0.361 e. The normalized spacial score (nSPS) is 16.5. The van der Waals surface area contributed by atoms with Crippen molar-refractivity contribution < 1.29 is 4.79 Å². The van der Waals surface area contributed by atoms with Crippen molar-refractivity contribution >= 4 is 16.8 Å². The summed E-state index contributed by atoms with van der Waals surface area (Å²) in [5.41, 5.74) is 1.85. The van der Waals surface area contributed by atoms with Crippen LogP contribution in [0.15, 0.2) is 30.5 Å². The van der Waals surface area contributed by atoms with Gasteiger partial charge in [-0.2, -0.15) is 0 Å². The summed E-state index contributed by atoms with van der Waals surface area (Å²) in [6, 6.07) is 7.88. The van der Waals surface area contributed by atoms with E-state index in [1.54, 1.807) is 0 Å². The van der Waals surface area contributed by atoms with Gasteiger partial charge in [-0.25, -0.2) is 0 Å². The Kier molecular flexibility index (Phi) is 4.25. The summed E-state index contributed by atoms with van der Waals surface area (Å²) in [7, 11) is 0. The first kappa shape index (κ1) is 14.1. The zero-order valence-corrected chi connectivity index (χ0v) is 12.6. The maximum Gasteiger partial charge on any atom is 0.254 e. The van der Waals surface area contributed by atoms with Gasteiger partial charge in [0, 0.05) is 35.8 Å². The van der Waals surface area contributed by atoms with Crippen molar-refractivity contribution in [2.24, 2.45) is 5.92 Å². The van der Waals surface area contributed by atoms with Gasteiger partial charge in [0.05, 0.1) is 0 Å². The number of carbonyl (C=O) groups excluding carboxylic acids is 1. The van der Waals surface area contributed by atoms with Crippen LogP contribution >= 0.6 is 0 Å². The molecule has 0 bridgehead atoms. The van der Waals surface area contributed by atoms with E-state index in [1.807, 2.05) is 35.4 Å². The second kappa shape index (κ2) is 6.31. The minimum atomic E-state index is 0.169. The maximum atomic E-state index is 12.7. The zero-order valence-electron chi connectivity index (χ0n) is 12.6. The lowest BCUT2D eigenvalue weighted by molar-refractivity contribution is 0.0692. The lowest BCUT2D eigenvalue weighted by Gasteiger charge is -2.32. The average Bonchev–Trinajstić information content (AvgIpc) is 3.01. The number of fused-ring (bicyclic) bond motifs is 1. The Labute approximate surface area is 125 Å². The van der Waals surface area contributed by atoms with Crippen LogP contribution < -0.4 is 5.32 Å². The van der Waals surface area contributed by atoms with Gasteiger partial charge in [-0.1, -0.05) is 13.0 Å². The molecule has 2 aromatic rings. The van der Waals surface area contributed by atoms with E-state index in [2.05, 4.69) is 17.2 Å². The molecule has 1 aliphatic heterocycles. The molecule has 0 spiro atoms. The van der Waals surface area contributed by atoms with Crippen molar-refractivity contribution in [3.63, 3.8) is 0 Å². The van der Waals surface area contributed by atoms with Crippen LogP contribution in [-0.2, 0) is 0 Å². The number of nitrogens with one attached hydrogen (secondary N) is 2. The largest absolute Gasteiger partial charge is 0.361 e. The Bertz CT molecular complexity index is 611. The molecular formula is C17H23N3O. The maximum absolute atomic E-state index is 12.7. The Morgan fingerprint density at radius 3 is 2.90 bits per heavy atom. The fourth-order valence-corrected chi connectivity index (χ4v) is 3.13. The minimum absolute atomic E-state index is 0.169. The highest BCUT2D eigenvalue weighted by atomic mass is 16.2. The van der Waals surface area contributed by atoms with E-state index in [0.29, 0.717) is 5.92 Å². The molecule has 1 saturated heterocycles. The Morgan fingerprint density at radius 2 is 2.14 bits per heavy atom. The molecule has 1 amide bonds. The van der Waals surface area contributed by atoms with Gasteiger partial charge in [-0.15, -0.1) is 0 Å². The molecule has 1 aromatic carbocycles. The Balaban J connectivity index is 1.68. The molecule has 1 aliphatic rings. The molecule has 2 N–H and O–H groups in total. The van der Waals surface area contributed by atoms with Gasteiger partial charge in [0.25, 0.3) is 5.91 Å². The first-order chi connectivity index (χ1) is 10.3. The first-order valence-corrected chi connectivity index (χ1v) is 7.85. The molecule has 21 heavy (non-hydrogen) atoms. The van der Waals surface area contributed by atoms with Crippen molar-refractivity contribution in [1.82, 2.24) is 15.2 Å². The summed E-state index contributed by atoms with van der Waals surface area (Å²) in [5, 5.41) is 4.43. The van der Waals surface area contributed by atoms with Crippen LogP contribution in [0.1, 0.15) is 30.1 Å². The lowest BCUT2D eigenvalue weighted by Crippen LogP contribution is -2.40. The number of aromatic nitrogens is 1. The molecule has 1 aromatic heterocycles. The van der Waals surface area contributed by atoms with E-state index < -0.39 is 0 Å². The van der Waals surface area contributed by atoms with E-state index in [-0.39, 0.29) is 5.91 Å². The van der Waals surface area contributed by atoms with E-state index in [0.717, 1.165) is 55.5 Å². The molecule has 0 atom stereocenters. The predicted molar refractivity (Wildman–Crippen MR) is 85.5 cm³/mol. The molecule has 0 radical (unpaired) electrons. The highest BCUT2D eigenvalue weighted by Gasteiger charge is 2.24. The number of H-pyrrole nitrogens is 1. The van der Waals surface area contributed by atoms with Crippen LogP contribution in [0.5, 0.6) is 0 Å². The molecule has 2 heterocycles. The van der Waals surface area contributed by atoms with E-state index >= 15 is 0 Å². The van der Waals surface area contributed by atoms with Crippen molar-refractivity contribution in [3.05, 3.63) is 36.0 Å². The monoisotopic (exact) mass is 285 g/mol. The number of hydrogen-bond donors (Lipinski definition) is 2. The number of piperidine rings is 1. The number of carbonyl (C=O) groups is 1. The first-order valence-electron chi connectivity index (χ1n) is 7.85. The molecule has 4 heteroatoms. The van der Waals surface area contributed by atoms with Gasteiger partial charge >= 0.3 is 0 Å². The topological polar surface area (TPSA) is 48.1 Å². The summed E-state index contributed by atoms with van der Waals surface area (Å²) in [6.45, 7) is 5.97. The van der Waals surface area contributed by atoms with Crippen LogP contribution in [0, 0.1) is 5.92 Å². The number of amides is 1. The second-order valence-corrected chi connectivity index (χ2v) is 5.79. The second-order valence-electron chi connectivity index (χ2n) is 5.79. The van der Waals surface area contributed by atoms with Gasteiger partial charge in [0.2, 0.25) is 0 Å². The number of nitrogens with zero attached hydrogens (tertiary/aromatic N) is 1. The Morgan fingerprint density at radius 1 is 1.33 bits per heavy atom. The highest BCUT2D eigenvalue weighted by molar-refractivity contribution is 6.06. The third-order valence-corrected chi connectivity index (χ3v) is 4.41. The quantitative estimate of drug-likeness (QED) is 0.907. The van der Waals surface area contributed by atoms with Gasteiger partial charge in [-0.05, 0) is 50.0 Å². The molecule has 112 valence electrons. The van der Waals surface area contributed by atoms with Gasteiger partial charge in [0.1, 0.15) is 0 Å². The number of aromatic amines is 1. The molecule has 0 unspecified atom stereocenters. The SMILES string of the molecule is CCNCC1CCN(C(=O)c2cccc3[nH]ccc23)CC1. The zero-order chi connectivity index (χ0) is 14.7. The van der Waals surface area contributed by atoms with Gasteiger partial charge in [-0.3, -0.25) is 4.79 Å². The average molecular weight is 285 g/mol. The van der Waals surface area contributed by atoms with Crippen LogP contribution in [0.3, 0.4) is 0 Å². The lowest BCUT2D eigenvalue weighted by atomic mass is 9.96. The molecule has 4 nitrogen and oxygen atoms in total. The number of hydrogen-bond acceptors (Lipinski definition) is 2. The van der Waals surface area contributed by atoms with Gasteiger partial charge < -0.3 is 15.2 Å². The summed E-state index contributed by atoms with van der Waals surface area (Å²) in [6.07, 6.45) is 4.09. The summed E-state index contributed by atoms with van der Waals surface area (Å²) in [5.74, 6) is 0.874. The summed E-state index contributed by atoms with van der Waals surface area (Å²) < 4.78 is 0. The molecule has 3 rings (SSSR count). The smallest absolute Gasteiger partial charge is 0.254 e. The standard InChI is InChI=1S/C17H23N3O/c1-2-18-12-13-7-10-20(11-8-13)17(21)15-4-3-5-16-14(15)6-9-19-16/h3-6,9,13,18-19H,2,7-8,10-12H2,1H3. The molecule has 1 fully saturated rings. The van der Waals surface area contributed by atoms with E-state index in [1.165, 1.54) is 0 Å². The Hall–Kier alpha value is -1.81. The molecule has 0 aliphatic carbocycles. The fraction of sp³-hybridized carbons (Fsp3) is 0.471. The summed E-state index contributed by atoms with van der Waals surface area (Å²) in [4.78, 5) is 17.9. The van der Waals surface area contributed by atoms with E-state index in [9.17, 15) is 4.79 Å². The number of rotatable bonds is 4. The van der Waals surface area contributed by atoms with Crippen molar-refractivity contribution in [1.29, 1.82) is 0 Å². The third-order valence-electron chi connectivity index (χ3n) is 4.41. The van der Waals surface area contributed by atoms with Crippen LogP contribution in [0.25, 0.3) is 10.9 Å². The van der Waals surface area contributed by atoms with Crippen molar-refractivity contribution in [2.45, 2.75) is 19.8 Å². The predicted octanol–water partition coefficient (Wildman–Crippen LogP) is 2.63. The highest BCUT2D eigenvalue weighted by Crippen LogP contribution is 2.22. The fourth-order valence-electron chi connectivity index (χ4n) is 3.13. The van der Waals surface area contributed by atoms with E-state index in [4.69, 9.17) is 0 Å². The molecular weight excluding hydrogens is 262 g/mol. The summed E-state index contributed by atoms with van der Waals surface area (Å²) >= 11 is 0. The van der Waals surface area contributed by atoms with Crippen LogP contribution in [-0.4, -0.2) is 42.0 Å². The van der Waals surface area contributed by atoms with Crippen molar-refractivity contribution in [2.75, 3.05) is 26.2 Å². The third kappa shape index (κ3) is 2.95. The van der Waals surface area contributed by atoms with Crippen molar-refractivity contribution in [3.8, 4) is 0 Å². The van der Waals surface area contributed by atoms with Gasteiger partial charge in [0.15, 0.2) is 0 Å². The number of likely N-dealkylation sites (tertiary alicyclic amines) is 1. The van der Waals surface area contributed by atoms with Crippen LogP contribution in [0.2, 0.25) is 0 Å².